The summed E-state index contributed by atoms with van der Waals surface area (Å²) in [5, 5.41) is 0. The van der Waals surface area contributed by atoms with Crippen molar-refractivity contribution >= 4 is 23.1 Å². The zero-order chi connectivity index (χ0) is 32.5. The van der Waals surface area contributed by atoms with Gasteiger partial charge in [0.1, 0.15) is 17.3 Å². The Morgan fingerprint density at radius 1 is 0.907 bits per heavy atom. The molecule has 4 nitrogen and oxygen atoms in total. The minimum absolute atomic E-state index is 0.0198. The fourth-order valence-corrected chi connectivity index (χ4v) is 6.99. The average Bonchev–Trinajstić information content (AvgIpc) is 2.92. The Labute approximate surface area is 264 Å². The number of unbranched alkanes of at least 4 members (excludes halogenated alkanes) is 4. The van der Waals surface area contributed by atoms with Crippen LogP contribution in [0.3, 0.4) is 0 Å². The normalized spacial score (nSPS) is 15.9. The summed E-state index contributed by atoms with van der Waals surface area (Å²) >= 11 is 0. The van der Waals surface area contributed by atoms with Crippen molar-refractivity contribution < 1.29 is 19.2 Å². The number of carbonyl (C=O) groups excluding carboxylic acids is 4. The SMILES string of the molecule is CCC.CCCCCCCC(=O)CCc1cc(C(C)C)c2c(c1C)C(=O)CC(CC(CCC)C(CC)C(=O)CC(C)=O)C2. The molecule has 0 N–H and O–H groups in total. The Morgan fingerprint density at radius 2 is 1.56 bits per heavy atom. The third-order valence-corrected chi connectivity index (χ3v) is 9.08. The molecule has 0 saturated heterocycles. The number of aryl methyl sites for hydroxylation is 1. The van der Waals surface area contributed by atoms with Crippen LogP contribution in [0.25, 0.3) is 0 Å². The molecule has 1 aliphatic carbocycles. The molecule has 1 aromatic rings. The van der Waals surface area contributed by atoms with E-state index in [-0.39, 0.29) is 41.5 Å². The van der Waals surface area contributed by atoms with Crippen LogP contribution in [0, 0.1) is 24.7 Å². The Balaban J connectivity index is 0.00000295. The molecule has 244 valence electrons. The van der Waals surface area contributed by atoms with Crippen LogP contribution in [-0.4, -0.2) is 23.1 Å². The second-order valence-corrected chi connectivity index (χ2v) is 13.5. The number of rotatable bonds is 19. The topological polar surface area (TPSA) is 68.3 Å². The van der Waals surface area contributed by atoms with Gasteiger partial charge in [0.2, 0.25) is 0 Å². The van der Waals surface area contributed by atoms with Gasteiger partial charge in [-0.1, -0.05) is 99.5 Å². The molecule has 3 unspecified atom stereocenters. The van der Waals surface area contributed by atoms with Crippen molar-refractivity contribution in [3.05, 3.63) is 33.9 Å². The summed E-state index contributed by atoms with van der Waals surface area (Å²) < 4.78 is 0. The lowest BCUT2D eigenvalue weighted by Gasteiger charge is -2.33. The van der Waals surface area contributed by atoms with E-state index in [1.54, 1.807) is 0 Å². The second kappa shape index (κ2) is 20.8. The second-order valence-electron chi connectivity index (χ2n) is 13.5. The largest absolute Gasteiger partial charge is 0.300 e. The van der Waals surface area contributed by atoms with Crippen molar-refractivity contribution in [1.82, 2.24) is 0 Å². The first-order chi connectivity index (χ1) is 20.4. The van der Waals surface area contributed by atoms with Gasteiger partial charge in [-0.25, -0.2) is 0 Å². The minimum Gasteiger partial charge on any atom is -0.300 e. The summed E-state index contributed by atoms with van der Waals surface area (Å²) in [5.74, 6) is 1.15. The lowest BCUT2D eigenvalue weighted by Crippen LogP contribution is -2.30. The maximum atomic E-state index is 13.7. The highest BCUT2D eigenvalue weighted by molar-refractivity contribution is 6.01. The van der Waals surface area contributed by atoms with Crippen LogP contribution in [0.4, 0.5) is 0 Å². The summed E-state index contributed by atoms with van der Waals surface area (Å²) in [6.45, 7) is 18.6. The van der Waals surface area contributed by atoms with Gasteiger partial charge in [0, 0.05) is 30.7 Å². The van der Waals surface area contributed by atoms with Gasteiger partial charge in [-0.05, 0) is 86.0 Å². The summed E-state index contributed by atoms with van der Waals surface area (Å²) in [6.07, 6.45) is 13.9. The van der Waals surface area contributed by atoms with Crippen molar-refractivity contribution in [3.63, 3.8) is 0 Å². The number of carbonyl (C=O) groups is 4. The quantitative estimate of drug-likeness (QED) is 0.118. The molecule has 0 fully saturated rings. The Kier molecular flexibility index (Phi) is 18.8. The third-order valence-electron chi connectivity index (χ3n) is 9.08. The lowest BCUT2D eigenvalue weighted by molar-refractivity contribution is -0.130. The molecule has 2 rings (SSSR count). The number of ketones is 4. The van der Waals surface area contributed by atoms with Crippen LogP contribution in [0.5, 0.6) is 0 Å². The Morgan fingerprint density at radius 3 is 2.12 bits per heavy atom. The highest BCUT2D eigenvalue weighted by atomic mass is 16.1. The molecule has 1 aliphatic rings. The first-order valence-corrected chi connectivity index (χ1v) is 17.7. The molecule has 0 amide bonds. The number of hydrogen-bond acceptors (Lipinski definition) is 4. The highest BCUT2D eigenvalue weighted by Gasteiger charge is 2.34. The predicted molar refractivity (Wildman–Crippen MR) is 181 cm³/mol. The van der Waals surface area contributed by atoms with Crippen molar-refractivity contribution in [1.29, 1.82) is 0 Å². The predicted octanol–water partition coefficient (Wildman–Crippen LogP) is 10.5. The monoisotopic (exact) mass is 596 g/mol. The summed E-state index contributed by atoms with van der Waals surface area (Å²) in [4.78, 5) is 50.9. The molecular formula is C39H64O4. The maximum absolute atomic E-state index is 13.7. The van der Waals surface area contributed by atoms with E-state index >= 15 is 0 Å². The van der Waals surface area contributed by atoms with Crippen LogP contribution in [0.1, 0.15) is 184 Å². The highest BCUT2D eigenvalue weighted by Crippen LogP contribution is 2.40. The fraction of sp³-hybridized carbons (Fsp3) is 0.744. The van der Waals surface area contributed by atoms with E-state index in [1.807, 2.05) is 6.92 Å². The van der Waals surface area contributed by atoms with Crippen molar-refractivity contribution in [3.8, 4) is 0 Å². The standard InChI is InChI=1S/C36H56O4.C3H8/c1-8-11-12-13-14-16-30(38)18-17-28-23-32(24(4)5)33-21-27(22-35(40)36(33)26(28)7)20-29(15-9-2)31(10-3)34(39)19-25(6)37;1-3-2/h23-24,27,29,31H,8-22H2,1-7H3;3H2,1-2H3. The number of benzene rings is 1. The smallest absolute Gasteiger partial charge is 0.163 e. The van der Waals surface area contributed by atoms with Crippen LogP contribution >= 0.6 is 0 Å². The average molecular weight is 597 g/mol. The van der Waals surface area contributed by atoms with Gasteiger partial charge in [-0.3, -0.25) is 19.2 Å². The van der Waals surface area contributed by atoms with Crippen LogP contribution in [-0.2, 0) is 27.2 Å². The first-order valence-electron chi connectivity index (χ1n) is 17.7. The molecule has 43 heavy (non-hydrogen) atoms. The minimum atomic E-state index is -0.113. The molecule has 0 bridgehead atoms. The van der Waals surface area contributed by atoms with Crippen LogP contribution in [0.2, 0.25) is 0 Å². The zero-order valence-electron chi connectivity index (χ0n) is 29.3. The van der Waals surface area contributed by atoms with E-state index in [1.165, 1.54) is 43.7 Å². The number of hydrogen-bond donors (Lipinski definition) is 0. The van der Waals surface area contributed by atoms with Crippen LogP contribution < -0.4 is 0 Å². The van der Waals surface area contributed by atoms with Crippen molar-refractivity contribution in [2.75, 3.05) is 0 Å². The molecule has 0 aliphatic heterocycles. The molecule has 0 aromatic heterocycles. The molecule has 0 heterocycles. The van der Waals surface area contributed by atoms with Gasteiger partial charge in [0.15, 0.2) is 5.78 Å². The van der Waals surface area contributed by atoms with Gasteiger partial charge < -0.3 is 0 Å². The Bertz CT molecular complexity index is 1030. The van der Waals surface area contributed by atoms with Crippen molar-refractivity contribution in [2.24, 2.45) is 17.8 Å². The van der Waals surface area contributed by atoms with Gasteiger partial charge in [-0.15, -0.1) is 0 Å². The number of fused-ring (bicyclic) bond motifs is 1. The lowest BCUT2D eigenvalue weighted by atomic mass is 9.70. The number of Topliss-reactive ketones (excluding diaryl/α,β-unsaturated/α-hetero) is 4. The van der Waals surface area contributed by atoms with Gasteiger partial charge >= 0.3 is 0 Å². The van der Waals surface area contributed by atoms with Crippen molar-refractivity contribution in [2.45, 2.75) is 171 Å². The van der Waals surface area contributed by atoms with E-state index in [0.717, 1.165) is 61.6 Å². The molecule has 0 radical (unpaired) electrons. The van der Waals surface area contributed by atoms with E-state index in [0.29, 0.717) is 37.4 Å². The zero-order valence-corrected chi connectivity index (χ0v) is 29.3. The van der Waals surface area contributed by atoms with Gasteiger partial charge in [-0.2, -0.15) is 0 Å². The molecule has 1 aromatic carbocycles. The maximum Gasteiger partial charge on any atom is 0.163 e. The molecule has 0 saturated carbocycles. The molecule has 3 atom stereocenters. The first kappa shape index (κ1) is 38.9. The molecule has 0 spiro atoms. The third kappa shape index (κ3) is 12.8. The van der Waals surface area contributed by atoms with Gasteiger partial charge in [0.05, 0.1) is 6.42 Å². The van der Waals surface area contributed by atoms with E-state index in [4.69, 9.17) is 0 Å². The summed E-state index contributed by atoms with van der Waals surface area (Å²) in [7, 11) is 0. The fourth-order valence-electron chi connectivity index (χ4n) is 6.99. The summed E-state index contributed by atoms with van der Waals surface area (Å²) in [5.41, 5.74) is 5.55. The Hall–Kier alpha value is -2.10. The van der Waals surface area contributed by atoms with Gasteiger partial charge in [0.25, 0.3) is 0 Å². The van der Waals surface area contributed by atoms with Crippen LogP contribution in [0.15, 0.2) is 6.07 Å². The summed E-state index contributed by atoms with van der Waals surface area (Å²) in [6, 6.07) is 2.28. The molecule has 4 heteroatoms. The van der Waals surface area contributed by atoms with E-state index in [9.17, 15) is 19.2 Å². The molecular weight excluding hydrogens is 532 g/mol. The van der Waals surface area contributed by atoms with E-state index < -0.39 is 0 Å². The van der Waals surface area contributed by atoms with E-state index in [2.05, 4.69) is 54.5 Å².